The molecule has 5 heteroatoms. The van der Waals surface area contributed by atoms with Crippen LogP contribution in [0.3, 0.4) is 0 Å². The third-order valence-electron chi connectivity index (χ3n) is 4.13. The molecule has 3 rings (SSSR count). The van der Waals surface area contributed by atoms with Gasteiger partial charge in [-0.25, -0.2) is 4.98 Å². The second kappa shape index (κ2) is 6.69. The van der Waals surface area contributed by atoms with Crippen LogP contribution in [-0.4, -0.2) is 22.9 Å². The number of ketones is 1. The second-order valence-corrected chi connectivity index (χ2v) is 6.83. The van der Waals surface area contributed by atoms with E-state index in [-0.39, 0.29) is 5.78 Å². The van der Waals surface area contributed by atoms with Crippen LogP contribution >= 0.6 is 11.8 Å². The van der Waals surface area contributed by atoms with Crippen LogP contribution in [0.2, 0.25) is 0 Å². The summed E-state index contributed by atoms with van der Waals surface area (Å²) in [6, 6.07) is 9.76. The minimum absolute atomic E-state index is 0.0543. The van der Waals surface area contributed by atoms with Gasteiger partial charge in [-0.05, 0) is 62.2 Å². The molecule has 0 atom stereocenters. The van der Waals surface area contributed by atoms with Crippen molar-refractivity contribution in [3.8, 4) is 5.75 Å². The number of methoxy groups -OCH3 is 1. The Bertz CT molecular complexity index is 876. The molecule has 0 unspecified atom stereocenters. The van der Waals surface area contributed by atoms with Crippen molar-refractivity contribution in [1.29, 1.82) is 0 Å². The van der Waals surface area contributed by atoms with Gasteiger partial charge in [-0.15, -0.1) is 0 Å². The molecule has 2 aromatic carbocycles. The zero-order valence-electron chi connectivity index (χ0n) is 14.3. The lowest BCUT2D eigenvalue weighted by atomic mass is 10.1. The molecule has 0 spiro atoms. The summed E-state index contributed by atoms with van der Waals surface area (Å²) in [7, 11) is 1.64. The molecule has 0 aliphatic heterocycles. The van der Waals surface area contributed by atoms with Crippen molar-refractivity contribution in [1.82, 2.24) is 9.97 Å². The smallest absolute Gasteiger partial charge is 0.166 e. The maximum atomic E-state index is 11.6. The lowest BCUT2D eigenvalue weighted by Crippen LogP contribution is -1.97. The van der Waals surface area contributed by atoms with Gasteiger partial charge in [0.25, 0.3) is 0 Å². The first-order valence-corrected chi connectivity index (χ1v) is 8.74. The summed E-state index contributed by atoms with van der Waals surface area (Å²) in [6.07, 6.45) is 0. The molecule has 3 aromatic rings. The van der Waals surface area contributed by atoms with Crippen molar-refractivity contribution in [2.75, 3.05) is 7.11 Å². The third-order valence-corrected chi connectivity index (χ3v) is 5.05. The number of hydrogen-bond donors (Lipinski definition) is 1. The van der Waals surface area contributed by atoms with Gasteiger partial charge < -0.3 is 9.72 Å². The summed E-state index contributed by atoms with van der Waals surface area (Å²) in [5, 5.41) is 0.866. The van der Waals surface area contributed by atoms with Gasteiger partial charge in [-0.1, -0.05) is 11.8 Å². The van der Waals surface area contributed by atoms with Crippen molar-refractivity contribution in [3.63, 3.8) is 0 Å². The molecule has 0 saturated carbocycles. The highest BCUT2D eigenvalue weighted by atomic mass is 32.2. The number of benzene rings is 2. The molecular weight excluding hydrogens is 320 g/mol. The number of hydrogen-bond acceptors (Lipinski definition) is 4. The SMILES string of the molecule is COc1ccc(C(C)=O)cc1CSc1nc2cc(C)c(C)cc2[nH]1. The van der Waals surface area contributed by atoms with Crippen molar-refractivity contribution >= 4 is 28.6 Å². The number of Topliss-reactive ketones (excluding diaryl/α,β-unsaturated/α-hetero) is 1. The molecule has 0 aliphatic carbocycles. The van der Waals surface area contributed by atoms with Gasteiger partial charge in [0, 0.05) is 16.9 Å². The van der Waals surface area contributed by atoms with Crippen LogP contribution in [0.5, 0.6) is 5.75 Å². The molecule has 0 radical (unpaired) electrons. The Morgan fingerprint density at radius 3 is 2.67 bits per heavy atom. The number of aryl methyl sites for hydroxylation is 2. The molecular formula is C19H20N2O2S. The molecule has 0 amide bonds. The quantitative estimate of drug-likeness (QED) is 0.541. The summed E-state index contributed by atoms with van der Waals surface area (Å²) < 4.78 is 5.40. The summed E-state index contributed by atoms with van der Waals surface area (Å²) in [5.41, 5.74) is 6.19. The zero-order valence-corrected chi connectivity index (χ0v) is 15.1. The van der Waals surface area contributed by atoms with Crippen LogP contribution in [0.1, 0.15) is 34.0 Å². The van der Waals surface area contributed by atoms with E-state index in [0.717, 1.165) is 27.5 Å². The third kappa shape index (κ3) is 3.31. The van der Waals surface area contributed by atoms with E-state index in [1.807, 2.05) is 12.1 Å². The van der Waals surface area contributed by atoms with E-state index in [2.05, 4.69) is 35.9 Å². The maximum absolute atomic E-state index is 11.6. The molecule has 24 heavy (non-hydrogen) atoms. The molecule has 4 nitrogen and oxygen atoms in total. The van der Waals surface area contributed by atoms with Gasteiger partial charge in [0.2, 0.25) is 0 Å². The first-order chi connectivity index (χ1) is 11.5. The zero-order chi connectivity index (χ0) is 17.3. The Morgan fingerprint density at radius 1 is 1.21 bits per heavy atom. The number of aromatic amines is 1. The van der Waals surface area contributed by atoms with Crippen LogP contribution in [0.25, 0.3) is 11.0 Å². The van der Waals surface area contributed by atoms with Crippen molar-refractivity contribution in [2.24, 2.45) is 0 Å². The highest BCUT2D eigenvalue weighted by Crippen LogP contribution is 2.29. The van der Waals surface area contributed by atoms with Crippen molar-refractivity contribution in [2.45, 2.75) is 31.7 Å². The van der Waals surface area contributed by atoms with Gasteiger partial charge >= 0.3 is 0 Å². The second-order valence-electron chi connectivity index (χ2n) is 5.87. The summed E-state index contributed by atoms with van der Waals surface area (Å²) in [6.45, 7) is 5.76. The fraction of sp³-hybridized carbons (Fsp3) is 0.263. The van der Waals surface area contributed by atoms with Crippen LogP contribution in [0, 0.1) is 13.8 Å². The number of aromatic nitrogens is 2. The van der Waals surface area contributed by atoms with E-state index >= 15 is 0 Å². The number of nitrogens with one attached hydrogen (secondary N) is 1. The molecule has 124 valence electrons. The average molecular weight is 340 g/mol. The highest BCUT2D eigenvalue weighted by molar-refractivity contribution is 7.98. The van der Waals surface area contributed by atoms with Crippen LogP contribution in [0.4, 0.5) is 0 Å². The number of H-pyrrole nitrogens is 1. The largest absolute Gasteiger partial charge is 0.496 e. The average Bonchev–Trinajstić information content (AvgIpc) is 2.94. The first-order valence-electron chi connectivity index (χ1n) is 7.75. The number of fused-ring (bicyclic) bond motifs is 1. The van der Waals surface area contributed by atoms with Gasteiger partial charge in [0.1, 0.15) is 5.75 Å². The lowest BCUT2D eigenvalue weighted by Gasteiger charge is -2.08. The van der Waals surface area contributed by atoms with Gasteiger partial charge in [0.05, 0.1) is 18.1 Å². The number of nitrogens with zero attached hydrogens (tertiary/aromatic N) is 1. The molecule has 0 bridgehead atoms. The van der Waals surface area contributed by atoms with E-state index in [0.29, 0.717) is 11.3 Å². The summed E-state index contributed by atoms with van der Waals surface area (Å²) in [4.78, 5) is 19.6. The minimum Gasteiger partial charge on any atom is -0.496 e. The van der Waals surface area contributed by atoms with Crippen LogP contribution < -0.4 is 4.74 Å². The Balaban J connectivity index is 1.85. The van der Waals surface area contributed by atoms with Gasteiger partial charge in [-0.2, -0.15) is 0 Å². The number of rotatable bonds is 5. The Labute approximate surface area is 145 Å². The number of ether oxygens (including phenoxy) is 1. The van der Waals surface area contributed by atoms with E-state index in [9.17, 15) is 4.79 Å². The normalized spacial score (nSPS) is 11.0. The summed E-state index contributed by atoms with van der Waals surface area (Å²) >= 11 is 1.60. The number of thioether (sulfide) groups is 1. The maximum Gasteiger partial charge on any atom is 0.166 e. The fourth-order valence-corrected chi connectivity index (χ4v) is 3.43. The van der Waals surface area contributed by atoms with Gasteiger partial charge in [0.15, 0.2) is 10.9 Å². The Kier molecular flexibility index (Phi) is 4.62. The first kappa shape index (κ1) is 16.6. The highest BCUT2D eigenvalue weighted by Gasteiger charge is 2.10. The van der Waals surface area contributed by atoms with E-state index < -0.39 is 0 Å². The Hall–Kier alpha value is -2.27. The molecule has 0 fully saturated rings. The van der Waals surface area contributed by atoms with E-state index in [1.54, 1.807) is 31.9 Å². The molecule has 0 aliphatic rings. The monoisotopic (exact) mass is 340 g/mol. The van der Waals surface area contributed by atoms with Crippen molar-refractivity contribution in [3.05, 3.63) is 52.6 Å². The van der Waals surface area contributed by atoms with Crippen molar-refractivity contribution < 1.29 is 9.53 Å². The standard InChI is InChI=1S/C19H20N2O2S/c1-11-7-16-17(8-12(11)2)21-19(20-16)24-10-15-9-14(13(3)22)5-6-18(15)23-4/h5-9H,10H2,1-4H3,(H,20,21). The topological polar surface area (TPSA) is 55.0 Å². The number of carbonyl (C=O) groups is 1. The van der Waals surface area contributed by atoms with Gasteiger partial charge in [-0.3, -0.25) is 4.79 Å². The molecule has 1 heterocycles. The predicted molar refractivity (Wildman–Crippen MR) is 98.1 cm³/mol. The predicted octanol–water partition coefficient (Wildman–Crippen LogP) is 4.68. The molecule has 1 aromatic heterocycles. The molecule has 0 saturated heterocycles. The van der Waals surface area contributed by atoms with Crippen LogP contribution in [-0.2, 0) is 5.75 Å². The minimum atomic E-state index is 0.0543. The Morgan fingerprint density at radius 2 is 1.96 bits per heavy atom. The van der Waals surface area contributed by atoms with E-state index in [4.69, 9.17) is 4.74 Å². The summed E-state index contributed by atoms with van der Waals surface area (Å²) in [5.74, 6) is 1.52. The number of carbonyl (C=O) groups excluding carboxylic acids is 1. The van der Waals surface area contributed by atoms with Crippen LogP contribution in [0.15, 0.2) is 35.5 Å². The molecule has 1 N–H and O–H groups in total. The number of imidazole rings is 1. The fourth-order valence-electron chi connectivity index (χ4n) is 2.57. The lowest BCUT2D eigenvalue weighted by molar-refractivity contribution is 0.101. The van der Waals surface area contributed by atoms with E-state index in [1.165, 1.54) is 11.1 Å².